The smallest absolute Gasteiger partial charge is 0.0549 e. The van der Waals surface area contributed by atoms with E-state index in [1.54, 1.807) is 7.11 Å². The summed E-state index contributed by atoms with van der Waals surface area (Å²) in [5.41, 5.74) is 0.162. The van der Waals surface area contributed by atoms with Crippen LogP contribution < -0.4 is 0 Å². The van der Waals surface area contributed by atoms with Gasteiger partial charge in [0, 0.05) is 25.0 Å². The topological polar surface area (TPSA) is 18.5 Å². The monoisotopic (exact) mass is 206 g/mol. The van der Waals surface area contributed by atoms with Gasteiger partial charge in [0.1, 0.15) is 0 Å². The molecule has 13 heavy (non-hydrogen) atoms. The first kappa shape index (κ1) is 11.3. The van der Waals surface area contributed by atoms with E-state index in [2.05, 4.69) is 6.92 Å². The Labute approximate surface area is 85.5 Å². The van der Waals surface area contributed by atoms with Crippen LogP contribution in [-0.4, -0.2) is 32.3 Å². The zero-order chi connectivity index (χ0) is 9.73. The van der Waals surface area contributed by atoms with Crippen LogP contribution in [0.2, 0.25) is 0 Å². The van der Waals surface area contributed by atoms with Gasteiger partial charge in [-0.3, -0.25) is 0 Å². The van der Waals surface area contributed by atoms with E-state index < -0.39 is 0 Å². The van der Waals surface area contributed by atoms with Crippen molar-refractivity contribution in [3.63, 3.8) is 0 Å². The summed E-state index contributed by atoms with van der Waals surface area (Å²) in [5, 5.41) is 0. The summed E-state index contributed by atoms with van der Waals surface area (Å²) in [6.45, 7) is 3.77. The summed E-state index contributed by atoms with van der Waals surface area (Å²) in [4.78, 5) is 0. The highest BCUT2D eigenvalue weighted by molar-refractivity contribution is 6.18. The van der Waals surface area contributed by atoms with Gasteiger partial charge in [-0.2, -0.15) is 0 Å². The van der Waals surface area contributed by atoms with E-state index >= 15 is 0 Å². The van der Waals surface area contributed by atoms with E-state index in [4.69, 9.17) is 21.1 Å². The molecule has 0 saturated carbocycles. The Balaban J connectivity index is 2.47. The van der Waals surface area contributed by atoms with Crippen LogP contribution >= 0.6 is 11.6 Å². The van der Waals surface area contributed by atoms with Crippen LogP contribution in [0.25, 0.3) is 0 Å². The summed E-state index contributed by atoms with van der Waals surface area (Å²) in [6, 6.07) is 0. The molecule has 1 aliphatic heterocycles. The molecule has 1 aliphatic rings. The van der Waals surface area contributed by atoms with Crippen molar-refractivity contribution in [2.75, 3.05) is 26.2 Å². The maximum absolute atomic E-state index is 6.00. The molecule has 0 radical (unpaired) electrons. The molecule has 0 spiro atoms. The number of ether oxygens (including phenoxy) is 2. The lowest BCUT2D eigenvalue weighted by molar-refractivity contribution is -0.0277. The fourth-order valence-corrected chi connectivity index (χ4v) is 2.24. The lowest BCUT2D eigenvalue weighted by atomic mass is 9.80. The predicted octanol–water partition coefficient (Wildman–Crippen LogP) is 2.45. The van der Waals surface area contributed by atoms with Gasteiger partial charge in [-0.05, 0) is 26.2 Å². The minimum atomic E-state index is 0.162. The van der Waals surface area contributed by atoms with Gasteiger partial charge in [0.2, 0.25) is 0 Å². The summed E-state index contributed by atoms with van der Waals surface area (Å²) in [5.74, 6) is 0.681. The Morgan fingerprint density at radius 3 is 2.85 bits per heavy atom. The molecule has 0 amide bonds. The number of rotatable bonds is 4. The quantitative estimate of drug-likeness (QED) is 0.658. The second-order valence-electron chi connectivity index (χ2n) is 4.04. The molecule has 1 heterocycles. The van der Waals surface area contributed by atoms with E-state index in [1.807, 2.05) is 0 Å². The van der Waals surface area contributed by atoms with Crippen molar-refractivity contribution in [1.82, 2.24) is 0 Å². The molecule has 0 aromatic carbocycles. The zero-order valence-corrected chi connectivity index (χ0v) is 9.27. The number of halogens is 1. The molecule has 1 fully saturated rings. The maximum Gasteiger partial charge on any atom is 0.0549 e. The van der Waals surface area contributed by atoms with Crippen molar-refractivity contribution in [2.45, 2.75) is 32.3 Å². The Bertz CT molecular complexity index is 144. The molecule has 0 bridgehead atoms. The van der Waals surface area contributed by atoms with Crippen LogP contribution in [0.15, 0.2) is 0 Å². The summed E-state index contributed by atoms with van der Waals surface area (Å²) < 4.78 is 10.7. The molecular weight excluding hydrogens is 188 g/mol. The minimum Gasteiger partial charge on any atom is -0.382 e. The second-order valence-corrected chi connectivity index (χ2v) is 4.31. The predicted molar refractivity (Wildman–Crippen MR) is 54.3 cm³/mol. The fourth-order valence-electron chi connectivity index (χ4n) is 1.92. The van der Waals surface area contributed by atoms with Crippen molar-refractivity contribution in [2.24, 2.45) is 5.41 Å². The first-order valence-electron chi connectivity index (χ1n) is 4.89. The summed E-state index contributed by atoms with van der Waals surface area (Å²) in [6.07, 6.45) is 3.58. The number of alkyl halides is 1. The van der Waals surface area contributed by atoms with Gasteiger partial charge in [-0.1, -0.05) is 0 Å². The van der Waals surface area contributed by atoms with Gasteiger partial charge in [-0.25, -0.2) is 0 Å². The second kappa shape index (κ2) is 5.18. The van der Waals surface area contributed by atoms with Crippen molar-refractivity contribution >= 4 is 11.6 Å². The lowest BCUT2D eigenvalue weighted by Crippen LogP contribution is -2.36. The van der Waals surface area contributed by atoms with Crippen molar-refractivity contribution in [3.8, 4) is 0 Å². The van der Waals surface area contributed by atoms with E-state index in [0.29, 0.717) is 5.88 Å². The van der Waals surface area contributed by atoms with Gasteiger partial charge in [0.15, 0.2) is 0 Å². The van der Waals surface area contributed by atoms with Crippen LogP contribution in [0, 0.1) is 5.41 Å². The lowest BCUT2D eigenvalue weighted by Gasteiger charge is -2.36. The highest BCUT2D eigenvalue weighted by Gasteiger charge is 2.33. The molecule has 2 unspecified atom stereocenters. The summed E-state index contributed by atoms with van der Waals surface area (Å²) >= 11 is 6.00. The van der Waals surface area contributed by atoms with E-state index in [-0.39, 0.29) is 11.5 Å². The Kier molecular flexibility index (Phi) is 4.50. The first-order chi connectivity index (χ1) is 6.22. The molecule has 3 heteroatoms. The normalized spacial score (nSPS) is 31.6. The van der Waals surface area contributed by atoms with Crippen molar-refractivity contribution < 1.29 is 9.47 Å². The molecule has 1 rings (SSSR count). The van der Waals surface area contributed by atoms with Gasteiger partial charge in [-0.15, -0.1) is 11.6 Å². The van der Waals surface area contributed by atoms with Crippen LogP contribution in [0.5, 0.6) is 0 Å². The van der Waals surface area contributed by atoms with E-state index in [9.17, 15) is 0 Å². The molecule has 1 saturated heterocycles. The van der Waals surface area contributed by atoms with Gasteiger partial charge < -0.3 is 9.47 Å². The average molecular weight is 207 g/mol. The first-order valence-corrected chi connectivity index (χ1v) is 5.42. The molecule has 0 N–H and O–H groups in total. The van der Waals surface area contributed by atoms with E-state index in [0.717, 1.165) is 26.1 Å². The molecule has 2 nitrogen and oxygen atoms in total. The van der Waals surface area contributed by atoms with Gasteiger partial charge >= 0.3 is 0 Å². The maximum atomic E-state index is 6.00. The number of methoxy groups -OCH3 is 1. The highest BCUT2D eigenvalue weighted by atomic mass is 35.5. The fraction of sp³-hybridized carbons (Fsp3) is 1.00. The Morgan fingerprint density at radius 2 is 2.38 bits per heavy atom. The molecule has 0 aromatic rings. The standard InChI is InChI=1S/C10H19ClO2/c1-9(12-2)6-10(7-11)4-3-5-13-8-10/h9H,3-8H2,1-2H3. The highest BCUT2D eigenvalue weighted by Crippen LogP contribution is 2.35. The Morgan fingerprint density at radius 1 is 1.62 bits per heavy atom. The Hall–Kier alpha value is 0.210. The molecule has 78 valence electrons. The molecule has 0 aliphatic carbocycles. The molecule has 2 atom stereocenters. The zero-order valence-electron chi connectivity index (χ0n) is 8.51. The third kappa shape index (κ3) is 3.12. The average Bonchev–Trinajstić information content (AvgIpc) is 2.19. The molecular formula is C10H19ClO2. The third-order valence-electron chi connectivity index (χ3n) is 2.81. The third-order valence-corrected chi connectivity index (χ3v) is 3.38. The van der Waals surface area contributed by atoms with Crippen LogP contribution in [0.3, 0.4) is 0 Å². The summed E-state index contributed by atoms with van der Waals surface area (Å²) in [7, 11) is 1.75. The van der Waals surface area contributed by atoms with Gasteiger partial charge in [0.25, 0.3) is 0 Å². The van der Waals surface area contributed by atoms with E-state index in [1.165, 1.54) is 6.42 Å². The van der Waals surface area contributed by atoms with Crippen LogP contribution in [0.1, 0.15) is 26.2 Å². The number of hydrogen-bond acceptors (Lipinski definition) is 2. The SMILES string of the molecule is COC(C)CC1(CCl)CCCOC1. The van der Waals surface area contributed by atoms with Crippen molar-refractivity contribution in [1.29, 1.82) is 0 Å². The van der Waals surface area contributed by atoms with Gasteiger partial charge in [0.05, 0.1) is 12.7 Å². The molecule has 0 aromatic heterocycles. The number of hydrogen-bond donors (Lipinski definition) is 0. The van der Waals surface area contributed by atoms with Crippen LogP contribution in [-0.2, 0) is 9.47 Å². The van der Waals surface area contributed by atoms with Crippen molar-refractivity contribution in [3.05, 3.63) is 0 Å². The largest absolute Gasteiger partial charge is 0.382 e. The van der Waals surface area contributed by atoms with Crippen LogP contribution in [0.4, 0.5) is 0 Å². The minimum absolute atomic E-state index is 0.162.